The Balaban J connectivity index is 1.23. The second-order valence-electron chi connectivity index (χ2n) is 9.97. The van der Waals surface area contributed by atoms with Crippen LogP contribution in [0.2, 0.25) is 0 Å². The minimum absolute atomic E-state index is 0.0346. The van der Waals surface area contributed by atoms with Gasteiger partial charge in [-0.2, -0.15) is 0 Å². The van der Waals surface area contributed by atoms with E-state index in [1.807, 2.05) is 42.4 Å². The minimum Gasteiger partial charge on any atom is -0.454 e. The Kier molecular flexibility index (Phi) is 7.23. The molecule has 0 aliphatic carbocycles. The highest BCUT2D eigenvalue weighted by Crippen LogP contribution is 2.34. The van der Waals surface area contributed by atoms with Crippen LogP contribution in [0.4, 0.5) is 0 Å². The smallest absolute Gasteiger partial charge is 0.231 e. The summed E-state index contributed by atoms with van der Waals surface area (Å²) >= 11 is 0. The van der Waals surface area contributed by atoms with Crippen molar-refractivity contribution in [2.75, 3.05) is 33.5 Å². The zero-order valence-corrected chi connectivity index (χ0v) is 21.4. The van der Waals surface area contributed by atoms with Crippen LogP contribution in [0.5, 0.6) is 11.5 Å². The molecule has 1 amide bonds. The third kappa shape index (κ3) is 5.09. The van der Waals surface area contributed by atoms with Gasteiger partial charge in [0.1, 0.15) is 0 Å². The quantitative estimate of drug-likeness (QED) is 0.475. The average Bonchev–Trinajstić information content (AvgIpc) is 3.37. The molecular formula is C30H35N3O3. The van der Waals surface area contributed by atoms with Crippen LogP contribution in [0.1, 0.15) is 46.8 Å². The van der Waals surface area contributed by atoms with Gasteiger partial charge in [0.15, 0.2) is 11.5 Å². The van der Waals surface area contributed by atoms with Crippen molar-refractivity contribution in [2.24, 2.45) is 5.92 Å². The molecule has 2 aliphatic heterocycles. The van der Waals surface area contributed by atoms with E-state index in [4.69, 9.17) is 14.5 Å². The molecule has 188 valence electrons. The predicted molar refractivity (Wildman–Crippen MR) is 140 cm³/mol. The van der Waals surface area contributed by atoms with Crippen molar-refractivity contribution < 1.29 is 14.3 Å². The van der Waals surface area contributed by atoms with Gasteiger partial charge >= 0.3 is 0 Å². The monoisotopic (exact) mass is 485 g/mol. The lowest BCUT2D eigenvalue weighted by atomic mass is 9.91. The Hall–Kier alpha value is -3.38. The van der Waals surface area contributed by atoms with Gasteiger partial charge in [-0.1, -0.05) is 36.4 Å². The lowest BCUT2D eigenvalue weighted by Gasteiger charge is -2.36. The summed E-state index contributed by atoms with van der Waals surface area (Å²) in [5.74, 6) is 1.91. The molecule has 2 aliphatic rings. The van der Waals surface area contributed by atoms with Crippen molar-refractivity contribution in [1.82, 2.24) is 14.8 Å². The molecule has 1 saturated heterocycles. The second kappa shape index (κ2) is 10.7. The fourth-order valence-electron chi connectivity index (χ4n) is 5.42. The number of likely N-dealkylation sites (tertiary alicyclic amines) is 1. The molecule has 0 spiro atoms. The van der Waals surface area contributed by atoms with E-state index in [0.717, 1.165) is 67.2 Å². The summed E-state index contributed by atoms with van der Waals surface area (Å²) in [5.41, 5.74) is 5.61. The molecule has 1 unspecified atom stereocenters. The maximum Gasteiger partial charge on any atom is 0.231 e. The van der Waals surface area contributed by atoms with Crippen molar-refractivity contribution >= 4 is 5.91 Å². The number of fused-ring (bicyclic) bond motifs is 1. The fraction of sp³-hybridized carbons (Fsp3) is 0.400. The molecule has 0 N–H and O–H groups in total. The van der Waals surface area contributed by atoms with Crippen molar-refractivity contribution in [2.45, 2.75) is 39.2 Å². The van der Waals surface area contributed by atoms with Crippen LogP contribution >= 0.6 is 0 Å². The summed E-state index contributed by atoms with van der Waals surface area (Å²) in [5, 5.41) is 0. The summed E-state index contributed by atoms with van der Waals surface area (Å²) < 4.78 is 10.9. The molecule has 3 heterocycles. The number of pyridine rings is 1. The van der Waals surface area contributed by atoms with Crippen LogP contribution in [-0.4, -0.2) is 54.2 Å². The van der Waals surface area contributed by atoms with E-state index in [9.17, 15) is 4.79 Å². The number of piperidine rings is 1. The number of rotatable bonds is 7. The van der Waals surface area contributed by atoms with E-state index >= 15 is 0 Å². The molecule has 6 heteroatoms. The molecule has 0 radical (unpaired) electrons. The topological polar surface area (TPSA) is 54.9 Å². The Labute approximate surface area is 213 Å². The van der Waals surface area contributed by atoms with Gasteiger partial charge < -0.3 is 19.3 Å². The van der Waals surface area contributed by atoms with Gasteiger partial charge in [0, 0.05) is 25.7 Å². The van der Waals surface area contributed by atoms with Crippen LogP contribution in [0.15, 0.2) is 60.8 Å². The molecule has 0 bridgehead atoms. The Morgan fingerprint density at radius 3 is 2.56 bits per heavy atom. The maximum absolute atomic E-state index is 13.8. The summed E-state index contributed by atoms with van der Waals surface area (Å²) in [7, 11) is 1.94. The zero-order valence-electron chi connectivity index (χ0n) is 21.4. The number of hydrogen-bond acceptors (Lipinski definition) is 5. The molecule has 6 nitrogen and oxygen atoms in total. The SMILES string of the molecule is Cc1ccccc1C(c1ncccc1C)N(C)C(=O)C1CCN(CCc2ccc3c(c2)OCO3)CC1. The lowest BCUT2D eigenvalue weighted by molar-refractivity contribution is -0.137. The minimum atomic E-state index is -0.191. The number of aromatic nitrogens is 1. The van der Waals surface area contributed by atoms with Crippen LogP contribution < -0.4 is 9.47 Å². The summed E-state index contributed by atoms with van der Waals surface area (Å²) in [6.07, 6.45) is 4.55. The number of carbonyl (C=O) groups excluding carboxylic acids is 1. The Bertz CT molecular complexity index is 1170. The molecule has 1 fully saturated rings. The molecule has 36 heavy (non-hydrogen) atoms. The normalized spacial score (nSPS) is 16.6. The molecule has 1 aromatic heterocycles. The van der Waals surface area contributed by atoms with Gasteiger partial charge in [-0.25, -0.2) is 0 Å². The van der Waals surface area contributed by atoms with Gasteiger partial charge in [-0.3, -0.25) is 9.78 Å². The zero-order chi connectivity index (χ0) is 25.1. The highest BCUT2D eigenvalue weighted by atomic mass is 16.7. The van der Waals surface area contributed by atoms with E-state index in [0.29, 0.717) is 6.79 Å². The molecule has 3 aromatic rings. The third-order valence-electron chi connectivity index (χ3n) is 7.62. The summed E-state index contributed by atoms with van der Waals surface area (Å²) in [4.78, 5) is 22.9. The number of benzene rings is 2. The number of aryl methyl sites for hydroxylation is 2. The van der Waals surface area contributed by atoms with Crippen molar-refractivity contribution in [3.8, 4) is 11.5 Å². The summed E-state index contributed by atoms with van der Waals surface area (Å²) in [6, 6.07) is 18.3. The number of carbonyl (C=O) groups is 1. The standard InChI is InChI=1S/C30H35N3O3/c1-21-7-4-5-9-25(21)29(28-22(2)8-6-15-31-28)32(3)30(34)24-13-17-33(18-14-24)16-12-23-10-11-26-27(19-23)36-20-35-26/h4-11,15,19,24,29H,12-14,16-18,20H2,1-3H3. The fourth-order valence-corrected chi connectivity index (χ4v) is 5.42. The van der Waals surface area contributed by atoms with Crippen LogP contribution in [0.3, 0.4) is 0 Å². The average molecular weight is 486 g/mol. The number of amides is 1. The molecular weight excluding hydrogens is 450 g/mol. The Morgan fingerprint density at radius 2 is 1.78 bits per heavy atom. The van der Waals surface area contributed by atoms with Crippen molar-refractivity contribution in [3.05, 3.63) is 88.7 Å². The molecule has 5 rings (SSSR count). The second-order valence-corrected chi connectivity index (χ2v) is 9.97. The first-order valence-electron chi connectivity index (χ1n) is 12.9. The van der Waals surface area contributed by atoms with Gasteiger partial charge in [0.05, 0.1) is 11.7 Å². The molecule has 1 atom stereocenters. The first-order valence-corrected chi connectivity index (χ1v) is 12.9. The van der Waals surface area contributed by atoms with Gasteiger partial charge in [-0.05, 0) is 86.7 Å². The van der Waals surface area contributed by atoms with E-state index in [1.165, 1.54) is 11.1 Å². The van der Waals surface area contributed by atoms with Gasteiger partial charge in [0.25, 0.3) is 0 Å². The molecule has 2 aromatic carbocycles. The molecule has 0 saturated carbocycles. The third-order valence-corrected chi connectivity index (χ3v) is 7.62. The summed E-state index contributed by atoms with van der Waals surface area (Å²) in [6.45, 7) is 7.34. The number of nitrogens with zero attached hydrogens (tertiary/aromatic N) is 3. The van der Waals surface area contributed by atoms with Crippen molar-refractivity contribution in [3.63, 3.8) is 0 Å². The highest BCUT2D eigenvalue weighted by molar-refractivity contribution is 5.79. The van der Waals surface area contributed by atoms with E-state index in [1.54, 1.807) is 0 Å². The number of ether oxygens (including phenoxy) is 2. The van der Waals surface area contributed by atoms with E-state index in [-0.39, 0.29) is 17.9 Å². The maximum atomic E-state index is 13.8. The van der Waals surface area contributed by atoms with Crippen LogP contribution in [0.25, 0.3) is 0 Å². The van der Waals surface area contributed by atoms with Gasteiger partial charge in [-0.15, -0.1) is 0 Å². The predicted octanol–water partition coefficient (Wildman–Crippen LogP) is 4.93. The number of hydrogen-bond donors (Lipinski definition) is 0. The van der Waals surface area contributed by atoms with E-state index < -0.39 is 0 Å². The Morgan fingerprint density at radius 1 is 1.03 bits per heavy atom. The first kappa shape index (κ1) is 24.3. The largest absolute Gasteiger partial charge is 0.454 e. The highest BCUT2D eigenvalue weighted by Gasteiger charge is 2.33. The van der Waals surface area contributed by atoms with Crippen LogP contribution in [0, 0.1) is 19.8 Å². The first-order chi connectivity index (χ1) is 17.5. The van der Waals surface area contributed by atoms with Gasteiger partial charge in [0.2, 0.25) is 12.7 Å². The van der Waals surface area contributed by atoms with E-state index in [2.05, 4.69) is 49.1 Å². The van der Waals surface area contributed by atoms with Crippen LogP contribution in [-0.2, 0) is 11.2 Å². The van der Waals surface area contributed by atoms with Crippen molar-refractivity contribution in [1.29, 1.82) is 0 Å². The lowest BCUT2D eigenvalue weighted by Crippen LogP contribution is -2.43.